The maximum absolute atomic E-state index is 11.7. The summed E-state index contributed by atoms with van der Waals surface area (Å²) >= 11 is 1.02. The van der Waals surface area contributed by atoms with Crippen LogP contribution in [-0.2, 0) is 4.79 Å². The van der Waals surface area contributed by atoms with Crippen LogP contribution in [0.25, 0.3) is 0 Å². The lowest BCUT2D eigenvalue weighted by atomic mass is 10.2. The molecule has 0 bridgehead atoms. The van der Waals surface area contributed by atoms with E-state index in [2.05, 4.69) is 5.32 Å². The van der Waals surface area contributed by atoms with Crippen LogP contribution in [0.5, 0.6) is 5.75 Å². The van der Waals surface area contributed by atoms with E-state index in [1.807, 2.05) is 6.07 Å². The van der Waals surface area contributed by atoms with Gasteiger partial charge in [0, 0.05) is 11.4 Å². The standard InChI is InChI=1S/C14H10N2O4S/c15-6-9-3-1-2-4-11(9)16-13(17)7-20-10-5-12(14(18)19)21-8-10/h1-5,8H,7H2,(H,16,17)(H,18,19). The number of hydrogen-bond donors (Lipinski definition) is 2. The van der Waals surface area contributed by atoms with Crippen molar-refractivity contribution in [2.45, 2.75) is 0 Å². The molecule has 0 saturated carbocycles. The number of amides is 1. The number of nitrogens with zero attached hydrogens (tertiary/aromatic N) is 1. The van der Waals surface area contributed by atoms with Crippen molar-refractivity contribution >= 4 is 28.9 Å². The van der Waals surface area contributed by atoms with Crippen LogP contribution in [-0.4, -0.2) is 23.6 Å². The van der Waals surface area contributed by atoms with Crippen LogP contribution in [0.1, 0.15) is 15.2 Å². The quantitative estimate of drug-likeness (QED) is 0.883. The molecule has 2 N–H and O–H groups in total. The Morgan fingerprint density at radius 2 is 2.14 bits per heavy atom. The van der Waals surface area contributed by atoms with Crippen LogP contribution in [0, 0.1) is 11.3 Å². The average molecular weight is 302 g/mol. The Kier molecular flexibility index (Phi) is 4.53. The Morgan fingerprint density at radius 3 is 2.81 bits per heavy atom. The Hall–Kier alpha value is -2.85. The SMILES string of the molecule is N#Cc1ccccc1NC(=O)COc1csc(C(=O)O)c1. The molecule has 0 saturated heterocycles. The van der Waals surface area contributed by atoms with Gasteiger partial charge in [-0.15, -0.1) is 11.3 Å². The molecular weight excluding hydrogens is 292 g/mol. The first kappa shape index (κ1) is 14.6. The van der Waals surface area contributed by atoms with E-state index >= 15 is 0 Å². The minimum absolute atomic E-state index is 0.139. The Morgan fingerprint density at radius 1 is 1.38 bits per heavy atom. The van der Waals surface area contributed by atoms with Crippen molar-refractivity contribution < 1.29 is 19.4 Å². The first-order chi connectivity index (χ1) is 10.1. The van der Waals surface area contributed by atoms with Gasteiger partial charge >= 0.3 is 5.97 Å². The van der Waals surface area contributed by atoms with Crippen molar-refractivity contribution in [3.63, 3.8) is 0 Å². The van der Waals surface area contributed by atoms with Crippen molar-refractivity contribution in [2.24, 2.45) is 0 Å². The number of hydrogen-bond acceptors (Lipinski definition) is 5. The number of anilines is 1. The number of carboxylic acid groups (broad SMARTS) is 1. The van der Waals surface area contributed by atoms with E-state index in [4.69, 9.17) is 15.1 Å². The summed E-state index contributed by atoms with van der Waals surface area (Å²) in [7, 11) is 0. The molecule has 0 fully saturated rings. The van der Waals surface area contributed by atoms with Gasteiger partial charge in [0.2, 0.25) is 0 Å². The normalized spacial score (nSPS) is 9.67. The van der Waals surface area contributed by atoms with Crippen LogP contribution < -0.4 is 10.1 Å². The maximum atomic E-state index is 11.7. The Balaban J connectivity index is 1.93. The number of nitriles is 1. The van der Waals surface area contributed by atoms with Gasteiger partial charge in [-0.3, -0.25) is 4.79 Å². The van der Waals surface area contributed by atoms with Crippen molar-refractivity contribution in [3.8, 4) is 11.8 Å². The summed E-state index contributed by atoms with van der Waals surface area (Å²) in [5, 5.41) is 21.8. The molecule has 21 heavy (non-hydrogen) atoms. The zero-order chi connectivity index (χ0) is 15.2. The zero-order valence-corrected chi connectivity index (χ0v) is 11.5. The molecule has 1 aromatic heterocycles. The van der Waals surface area contributed by atoms with Crippen LogP contribution in [0.15, 0.2) is 35.7 Å². The number of para-hydroxylation sites is 1. The third kappa shape index (κ3) is 3.81. The second-order valence-electron chi connectivity index (χ2n) is 3.95. The van der Waals surface area contributed by atoms with Crippen molar-refractivity contribution in [1.29, 1.82) is 5.26 Å². The number of carbonyl (C=O) groups is 2. The highest BCUT2D eigenvalue weighted by molar-refractivity contribution is 7.12. The minimum Gasteiger partial charge on any atom is -0.483 e. The molecule has 0 radical (unpaired) electrons. The van der Waals surface area contributed by atoms with E-state index in [0.717, 1.165) is 11.3 Å². The first-order valence-electron chi connectivity index (χ1n) is 5.84. The van der Waals surface area contributed by atoms with E-state index in [1.165, 1.54) is 11.4 Å². The molecule has 2 aromatic rings. The zero-order valence-electron chi connectivity index (χ0n) is 10.7. The highest BCUT2D eigenvalue weighted by atomic mass is 32.1. The Labute approximate surface area is 124 Å². The molecule has 0 spiro atoms. The summed E-state index contributed by atoms with van der Waals surface area (Å²) in [5.41, 5.74) is 0.764. The lowest BCUT2D eigenvalue weighted by Gasteiger charge is -2.07. The molecule has 0 unspecified atom stereocenters. The second kappa shape index (κ2) is 6.54. The van der Waals surface area contributed by atoms with E-state index in [-0.39, 0.29) is 11.5 Å². The molecular formula is C14H10N2O4S. The molecule has 106 valence electrons. The molecule has 0 aliphatic heterocycles. The van der Waals surface area contributed by atoms with Crippen molar-refractivity contribution in [2.75, 3.05) is 11.9 Å². The van der Waals surface area contributed by atoms with Gasteiger partial charge in [-0.05, 0) is 12.1 Å². The van der Waals surface area contributed by atoms with E-state index in [1.54, 1.807) is 24.3 Å². The molecule has 7 heteroatoms. The van der Waals surface area contributed by atoms with E-state index < -0.39 is 11.9 Å². The third-order valence-electron chi connectivity index (χ3n) is 2.48. The monoisotopic (exact) mass is 302 g/mol. The van der Waals surface area contributed by atoms with Crippen molar-refractivity contribution in [3.05, 3.63) is 46.2 Å². The third-order valence-corrected chi connectivity index (χ3v) is 3.37. The van der Waals surface area contributed by atoms with Crippen LogP contribution >= 0.6 is 11.3 Å². The van der Waals surface area contributed by atoms with Crippen molar-refractivity contribution in [1.82, 2.24) is 0 Å². The lowest BCUT2D eigenvalue weighted by Crippen LogP contribution is -2.20. The number of nitrogens with one attached hydrogen (secondary N) is 1. The topological polar surface area (TPSA) is 99.4 Å². The molecule has 1 heterocycles. The lowest BCUT2D eigenvalue weighted by molar-refractivity contribution is -0.118. The predicted octanol–water partition coefficient (Wildman–Crippen LogP) is 2.34. The minimum atomic E-state index is -1.04. The fraction of sp³-hybridized carbons (Fsp3) is 0.0714. The molecule has 0 atom stereocenters. The van der Waals surface area contributed by atoms with Gasteiger partial charge in [0.05, 0.1) is 11.3 Å². The number of aromatic carboxylic acids is 1. The van der Waals surface area contributed by atoms with Gasteiger partial charge in [-0.2, -0.15) is 5.26 Å². The highest BCUT2D eigenvalue weighted by Crippen LogP contribution is 2.21. The second-order valence-corrected chi connectivity index (χ2v) is 4.86. The predicted molar refractivity (Wildman–Crippen MR) is 76.6 cm³/mol. The van der Waals surface area contributed by atoms with Gasteiger partial charge in [0.25, 0.3) is 5.91 Å². The molecule has 2 rings (SSSR count). The van der Waals surface area contributed by atoms with Gasteiger partial charge in [-0.1, -0.05) is 12.1 Å². The van der Waals surface area contributed by atoms with Gasteiger partial charge in [0.15, 0.2) is 6.61 Å². The largest absolute Gasteiger partial charge is 0.483 e. The molecule has 1 aromatic carbocycles. The number of ether oxygens (including phenoxy) is 1. The number of benzene rings is 1. The van der Waals surface area contributed by atoms with Crippen LogP contribution in [0.2, 0.25) is 0 Å². The number of carboxylic acids is 1. The summed E-state index contributed by atoms with van der Waals surface area (Å²) in [6, 6.07) is 9.93. The molecule has 1 amide bonds. The fourth-order valence-electron chi connectivity index (χ4n) is 1.53. The van der Waals surface area contributed by atoms with Crippen LogP contribution in [0.3, 0.4) is 0 Å². The van der Waals surface area contributed by atoms with Gasteiger partial charge in [0.1, 0.15) is 16.7 Å². The van der Waals surface area contributed by atoms with E-state index in [9.17, 15) is 9.59 Å². The maximum Gasteiger partial charge on any atom is 0.346 e. The summed E-state index contributed by atoms with van der Waals surface area (Å²) < 4.78 is 5.20. The summed E-state index contributed by atoms with van der Waals surface area (Å²) in [6.45, 7) is -0.268. The summed E-state index contributed by atoms with van der Waals surface area (Å²) in [5.74, 6) is -1.15. The van der Waals surface area contributed by atoms with Gasteiger partial charge in [-0.25, -0.2) is 4.79 Å². The first-order valence-corrected chi connectivity index (χ1v) is 6.71. The molecule has 6 nitrogen and oxygen atoms in total. The number of carbonyl (C=O) groups excluding carboxylic acids is 1. The average Bonchev–Trinajstić information content (AvgIpc) is 2.95. The molecule has 0 aliphatic carbocycles. The number of rotatable bonds is 5. The van der Waals surface area contributed by atoms with E-state index in [0.29, 0.717) is 17.0 Å². The fourth-order valence-corrected chi connectivity index (χ4v) is 2.20. The Bertz CT molecular complexity index is 718. The highest BCUT2D eigenvalue weighted by Gasteiger charge is 2.10. The smallest absolute Gasteiger partial charge is 0.346 e. The summed E-state index contributed by atoms with van der Waals surface area (Å²) in [4.78, 5) is 22.6. The molecule has 0 aliphatic rings. The van der Waals surface area contributed by atoms with Crippen LogP contribution in [0.4, 0.5) is 5.69 Å². The number of thiophene rings is 1. The van der Waals surface area contributed by atoms with Gasteiger partial charge < -0.3 is 15.2 Å². The summed E-state index contributed by atoms with van der Waals surface area (Å²) in [6.07, 6.45) is 0.